The largest absolute Gasteiger partial charge is 0.478 e. The van der Waals surface area contributed by atoms with E-state index in [0.717, 1.165) is 11.1 Å². The highest BCUT2D eigenvalue weighted by molar-refractivity contribution is 9.10. The summed E-state index contributed by atoms with van der Waals surface area (Å²) in [6, 6.07) is 7.82. The van der Waals surface area contributed by atoms with Crippen molar-refractivity contribution in [3.05, 3.63) is 85.6 Å². The van der Waals surface area contributed by atoms with Gasteiger partial charge in [-0.25, -0.2) is 4.39 Å². The minimum Gasteiger partial charge on any atom is -0.478 e. The fourth-order valence-electron chi connectivity index (χ4n) is 3.92. The Labute approximate surface area is 214 Å². The molecule has 0 unspecified atom stereocenters. The lowest BCUT2D eigenvalue weighted by molar-refractivity contribution is -0.390. The quantitative estimate of drug-likeness (QED) is 0.219. The number of aromatic nitrogens is 5. The van der Waals surface area contributed by atoms with Crippen LogP contribution in [0.4, 0.5) is 10.2 Å². The Hall–Kier alpha value is -4.11. The molecule has 36 heavy (non-hydrogen) atoms. The van der Waals surface area contributed by atoms with E-state index in [9.17, 15) is 19.8 Å². The second-order valence-electron chi connectivity index (χ2n) is 8.05. The van der Waals surface area contributed by atoms with Gasteiger partial charge in [0.25, 0.3) is 0 Å². The van der Waals surface area contributed by atoms with Crippen LogP contribution in [0.15, 0.2) is 47.3 Å². The van der Waals surface area contributed by atoms with Crippen LogP contribution in [0.25, 0.3) is 11.3 Å². The first-order valence-electron chi connectivity index (χ1n) is 11.0. The van der Waals surface area contributed by atoms with Crippen LogP contribution in [0.3, 0.4) is 0 Å². The molecule has 184 valence electrons. The van der Waals surface area contributed by atoms with Gasteiger partial charge >= 0.3 is 5.82 Å². The van der Waals surface area contributed by atoms with Gasteiger partial charge in [-0.3, -0.25) is 9.36 Å². The molecular formula is C24H21BrFN7O3. The Kier molecular flexibility index (Phi) is 7.12. The molecule has 0 aliphatic rings. The highest BCUT2D eigenvalue weighted by atomic mass is 79.9. The fourth-order valence-corrected chi connectivity index (χ4v) is 4.23. The van der Waals surface area contributed by atoms with Crippen molar-refractivity contribution in [2.45, 2.75) is 32.9 Å². The van der Waals surface area contributed by atoms with E-state index in [2.05, 4.69) is 37.2 Å². The van der Waals surface area contributed by atoms with Crippen molar-refractivity contribution in [1.82, 2.24) is 24.5 Å². The van der Waals surface area contributed by atoms with Gasteiger partial charge in [0.05, 0.1) is 10.2 Å². The molecule has 0 amide bonds. The molecule has 3 aromatic heterocycles. The SMILES string of the molecule is CCn1cc(Cc2cn(C)nc2-c2ccc(F)cc2[C@@H](C)Oc2cc(Br)cnc2[N+](=O)[O-])c(C#N)n1. The third-order valence-corrected chi connectivity index (χ3v) is 5.97. The van der Waals surface area contributed by atoms with E-state index in [1.807, 2.05) is 19.3 Å². The van der Waals surface area contributed by atoms with Gasteiger partial charge in [0.2, 0.25) is 5.75 Å². The van der Waals surface area contributed by atoms with Crippen molar-refractivity contribution in [3.63, 3.8) is 0 Å². The molecule has 0 spiro atoms. The maximum absolute atomic E-state index is 14.4. The number of hydrogen-bond donors (Lipinski definition) is 0. The van der Waals surface area contributed by atoms with Crippen molar-refractivity contribution in [2.75, 3.05) is 0 Å². The number of aryl methyl sites for hydroxylation is 2. The third kappa shape index (κ3) is 5.11. The summed E-state index contributed by atoms with van der Waals surface area (Å²) >= 11 is 3.25. The van der Waals surface area contributed by atoms with E-state index in [4.69, 9.17) is 4.74 Å². The maximum atomic E-state index is 14.4. The van der Waals surface area contributed by atoms with Crippen LogP contribution in [0.1, 0.15) is 42.3 Å². The van der Waals surface area contributed by atoms with Gasteiger partial charge in [0, 0.05) is 60.7 Å². The highest BCUT2D eigenvalue weighted by Gasteiger charge is 2.24. The predicted molar refractivity (Wildman–Crippen MR) is 132 cm³/mol. The summed E-state index contributed by atoms with van der Waals surface area (Å²) in [6.07, 6.45) is 4.57. The molecule has 10 nitrogen and oxygen atoms in total. The second-order valence-corrected chi connectivity index (χ2v) is 8.96. The van der Waals surface area contributed by atoms with E-state index >= 15 is 0 Å². The van der Waals surface area contributed by atoms with Gasteiger partial charge in [-0.2, -0.15) is 15.5 Å². The molecule has 0 fully saturated rings. The minimum absolute atomic E-state index is 0.0519. The normalized spacial score (nSPS) is 11.8. The summed E-state index contributed by atoms with van der Waals surface area (Å²) in [5.74, 6) is -0.984. The van der Waals surface area contributed by atoms with Crippen molar-refractivity contribution in [1.29, 1.82) is 5.26 Å². The van der Waals surface area contributed by atoms with Crippen LogP contribution in [0.2, 0.25) is 0 Å². The summed E-state index contributed by atoms with van der Waals surface area (Å²) in [5, 5.41) is 29.8. The topological polar surface area (TPSA) is 125 Å². The third-order valence-electron chi connectivity index (χ3n) is 5.54. The predicted octanol–water partition coefficient (Wildman–Crippen LogP) is 5.11. The molecular weight excluding hydrogens is 533 g/mol. The Bertz CT molecular complexity index is 1490. The average molecular weight is 554 g/mol. The van der Waals surface area contributed by atoms with Crippen LogP contribution in [-0.2, 0) is 20.0 Å². The first-order valence-corrected chi connectivity index (χ1v) is 11.7. The lowest BCUT2D eigenvalue weighted by Gasteiger charge is -2.18. The number of ether oxygens (including phenoxy) is 1. The van der Waals surface area contributed by atoms with Crippen LogP contribution >= 0.6 is 15.9 Å². The Morgan fingerprint density at radius 1 is 1.28 bits per heavy atom. The second kappa shape index (κ2) is 10.2. The van der Waals surface area contributed by atoms with Gasteiger partial charge in [-0.15, -0.1) is 0 Å². The van der Waals surface area contributed by atoms with E-state index in [-0.39, 0.29) is 5.75 Å². The molecule has 0 bridgehead atoms. The molecule has 4 rings (SSSR count). The number of nitriles is 1. The number of benzene rings is 1. The number of pyridine rings is 1. The number of nitrogens with zero attached hydrogens (tertiary/aromatic N) is 7. The van der Waals surface area contributed by atoms with Crippen LogP contribution in [-0.4, -0.2) is 29.5 Å². The summed E-state index contributed by atoms with van der Waals surface area (Å²) < 4.78 is 24.1. The fraction of sp³-hybridized carbons (Fsp3) is 0.250. The molecule has 0 aliphatic carbocycles. The summed E-state index contributed by atoms with van der Waals surface area (Å²) in [4.78, 5) is 14.6. The lowest BCUT2D eigenvalue weighted by atomic mass is 9.96. The molecule has 0 aliphatic heterocycles. The van der Waals surface area contributed by atoms with E-state index < -0.39 is 22.7 Å². The van der Waals surface area contributed by atoms with Gasteiger partial charge in [0.15, 0.2) is 11.9 Å². The van der Waals surface area contributed by atoms with Crippen molar-refractivity contribution < 1.29 is 14.1 Å². The smallest absolute Gasteiger partial charge is 0.406 e. The number of nitro groups is 1. The first kappa shape index (κ1) is 25.0. The Morgan fingerprint density at radius 3 is 2.75 bits per heavy atom. The zero-order valence-electron chi connectivity index (χ0n) is 19.6. The first-order chi connectivity index (χ1) is 17.2. The summed E-state index contributed by atoms with van der Waals surface area (Å²) in [7, 11) is 1.77. The molecule has 0 saturated heterocycles. The van der Waals surface area contributed by atoms with Crippen LogP contribution in [0, 0.1) is 27.3 Å². The number of hydrogen-bond acceptors (Lipinski definition) is 7. The Balaban J connectivity index is 1.76. The zero-order chi connectivity index (χ0) is 26.0. The van der Waals surface area contributed by atoms with E-state index in [0.29, 0.717) is 40.0 Å². The van der Waals surface area contributed by atoms with Crippen molar-refractivity contribution in [2.24, 2.45) is 7.05 Å². The lowest BCUT2D eigenvalue weighted by Crippen LogP contribution is -2.08. The van der Waals surface area contributed by atoms with Gasteiger partial charge in [0.1, 0.15) is 18.0 Å². The van der Waals surface area contributed by atoms with E-state index in [1.54, 1.807) is 29.4 Å². The molecule has 1 atom stereocenters. The number of rotatable bonds is 8. The van der Waals surface area contributed by atoms with Crippen LogP contribution < -0.4 is 4.74 Å². The standard InChI is InChI=1S/C24H21BrFN7O3/c1-4-32-13-15(21(10-27)29-32)7-16-12-31(3)30-23(16)19-6-5-18(26)9-20(19)14(2)36-22-8-17(25)11-28-24(22)33(34)35/h5-6,8-9,11-14H,4,7H2,1-3H3/t14-/m1/s1. The molecule has 4 aromatic rings. The highest BCUT2D eigenvalue weighted by Crippen LogP contribution is 2.36. The number of halogens is 2. The minimum atomic E-state index is -0.780. The molecule has 0 N–H and O–H groups in total. The van der Waals surface area contributed by atoms with Gasteiger partial charge in [-0.1, -0.05) is 0 Å². The molecule has 1 aromatic carbocycles. The van der Waals surface area contributed by atoms with Gasteiger partial charge in [-0.05, 0) is 57.9 Å². The molecule has 0 saturated carbocycles. The average Bonchev–Trinajstić information content (AvgIpc) is 3.41. The summed E-state index contributed by atoms with van der Waals surface area (Å²) in [6.45, 7) is 4.23. The molecule has 12 heteroatoms. The maximum Gasteiger partial charge on any atom is 0.406 e. The monoisotopic (exact) mass is 553 g/mol. The van der Waals surface area contributed by atoms with E-state index in [1.165, 1.54) is 24.4 Å². The zero-order valence-corrected chi connectivity index (χ0v) is 21.2. The van der Waals surface area contributed by atoms with Crippen molar-refractivity contribution in [3.8, 4) is 23.1 Å². The molecule has 3 heterocycles. The molecule has 0 radical (unpaired) electrons. The Morgan fingerprint density at radius 2 is 2.06 bits per heavy atom. The summed E-state index contributed by atoms with van der Waals surface area (Å²) in [5.41, 5.74) is 3.52. The van der Waals surface area contributed by atoms with Crippen LogP contribution in [0.5, 0.6) is 5.75 Å². The van der Waals surface area contributed by atoms with Crippen molar-refractivity contribution >= 4 is 21.7 Å². The van der Waals surface area contributed by atoms with Gasteiger partial charge < -0.3 is 14.9 Å².